The molecule has 154 valence electrons. The fourth-order valence-electron chi connectivity index (χ4n) is 3.24. The molecule has 3 nitrogen and oxygen atoms in total. The molecule has 2 aromatic carbocycles. The molecule has 0 amide bonds. The first kappa shape index (κ1) is 22.6. The van der Waals surface area contributed by atoms with E-state index in [1.807, 2.05) is 24.3 Å². The monoisotopic (exact) mass is 403 g/mol. The van der Waals surface area contributed by atoms with Crippen molar-refractivity contribution in [2.45, 2.75) is 65.5 Å². The molecule has 0 bridgehead atoms. The summed E-state index contributed by atoms with van der Waals surface area (Å²) in [5, 5.41) is 4.09. The number of hydrogen-bond donors (Lipinski definition) is 1. The van der Waals surface area contributed by atoms with E-state index in [-0.39, 0.29) is 0 Å². The van der Waals surface area contributed by atoms with Gasteiger partial charge in [-0.1, -0.05) is 80.5 Å². The maximum Gasteiger partial charge on any atom is 0.180 e. The second kappa shape index (κ2) is 12.7. The quantitative estimate of drug-likeness (QED) is 0.378. The van der Waals surface area contributed by atoms with Crippen LogP contribution in [0.25, 0.3) is 0 Å². The van der Waals surface area contributed by atoms with Crippen molar-refractivity contribution >= 4 is 11.6 Å². The first-order valence-electron chi connectivity index (χ1n) is 10.4. The van der Waals surface area contributed by atoms with Crippen molar-refractivity contribution in [2.24, 2.45) is 0 Å². The molecule has 0 saturated carbocycles. The van der Waals surface area contributed by atoms with Crippen LogP contribution in [0.1, 0.15) is 62.1 Å². The number of hydrogen-bond acceptors (Lipinski definition) is 3. The van der Waals surface area contributed by atoms with Crippen molar-refractivity contribution in [1.82, 2.24) is 5.32 Å². The van der Waals surface area contributed by atoms with Gasteiger partial charge < -0.3 is 14.8 Å². The van der Waals surface area contributed by atoms with Crippen molar-refractivity contribution in [3.05, 3.63) is 58.1 Å². The van der Waals surface area contributed by atoms with E-state index in [0.29, 0.717) is 23.1 Å². The Hall–Kier alpha value is -1.71. The lowest BCUT2D eigenvalue weighted by Gasteiger charge is -2.15. The number of halogens is 1. The van der Waals surface area contributed by atoms with E-state index in [4.69, 9.17) is 21.1 Å². The van der Waals surface area contributed by atoms with Gasteiger partial charge in [-0.3, -0.25) is 0 Å². The average molecular weight is 404 g/mol. The molecule has 0 aliphatic heterocycles. The van der Waals surface area contributed by atoms with Crippen LogP contribution in [-0.4, -0.2) is 13.7 Å². The zero-order valence-electron chi connectivity index (χ0n) is 17.5. The van der Waals surface area contributed by atoms with Gasteiger partial charge in [0.25, 0.3) is 0 Å². The normalized spacial score (nSPS) is 10.9. The van der Waals surface area contributed by atoms with Gasteiger partial charge in [0.1, 0.15) is 6.61 Å². The largest absolute Gasteiger partial charge is 0.493 e. The van der Waals surface area contributed by atoms with Gasteiger partial charge in [0.2, 0.25) is 0 Å². The lowest BCUT2D eigenvalue weighted by atomic mass is 10.1. The highest BCUT2D eigenvalue weighted by molar-refractivity contribution is 6.32. The Balaban J connectivity index is 1.84. The topological polar surface area (TPSA) is 30.5 Å². The summed E-state index contributed by atoms with van der Waals surface area (Å²) in [4.78, 5) is 0. The molecular formula is C24H34ClNO2. The van der Waals surface area contributed by atoms with Gasteiger partial charge in [0, 0.05) is 6.54 Å². The van der Waals surface area contributed by atoms with Gasteiger partial charge >= 0.3 is 0 Å². The molecule has 1 N–H and O–H groups in total. The summed E-state index contributed by atoms with van der Waals surface area (Å²) in [6, 6.07) is 12.2. The van der Waals surface area contributed by atoms with Crippen molar-refractivity contribution in [3.63, 3.8) is 0 Å². The molecule has 0 heterocycles. The number of methoxy groups -OCH3 is 1. The molecule has 0 saturated heterocycles. The van der Waals surface area contributed by atoms with E-state index in [2.05, 4.69) is 31.3 Å². The number of ether oxygens (including phenoxy) is 2. The Labute approximate surface area is 175 Å². The minimum Gasteiger partial charge on any atom is -0.493 e. The molecule has 0 spiro atoms. The Morgan fingerprint density at radius 2 is 1.75 bits per heavy atom. The number of benzene rings is 2. The zero-order valence-corrected chi connectivity index (χ0v) is 18.3. The van der Waals surface area contributed by atoms with E-state index in [0.717, 1.165) is 24.2 Å². The summed E-state index contributed by atoms with van der Waals surface area (Å²) >= 11 is 6.49. The predicted molar refractivity (Wildman–Crippen MR) is 119 cm³/mol. The Bertz CT molecular complexity index is 718. The fourth-order valence-corrected chi connectivity index (χ4v) is 3.52. The van der Waals surface area contributed by atoms with Crippen LogP contribution < -0.4 is 14.8 Å². The van der Waals surface area contributed by atoms with Crippen molar-refractivity contribution in [3.8, 4) is 11.5 Å². The minimum atomic E-state index is 0.466. The van der Waals surface area contributed by atoms with Gasteiger partial charge in [-0.05, 0) is 43.1 Å². The highest BCUT2D eigenvalue weighted by Crippen LogP contribution is 2.37. The molecule has 4 heteroatoms. The molecular weight excluding hydrogens is 370 g/mol. The van der Waals surface area contributed by atoms with Gasteiger partial charge in [0.05, 0.1) is 12.1 Å². The number of rotatable bonds is 13. The number of nitrogens with one attached hydrogen (secondary N) is 1. The van der Waals surface area contributed by atoms with E-state index >= 15 is 0 Å². The fraction of sp³-hybridized carbons (Fsp3) is 0.500. The lowest BCUT2D eigenvalue weighted by Crippen LogP contribution is -2.14. The van der Waals surface area contributed by atoms with Crippen LogP contribution in [0.4, 0.5) is 0 Å². The summed E-state index contributed by atoms with van der Waals surface area (Å²) < 4.78 is 11.5. The standard InChI is InChI=1S/C24H34ClNO2/c1-4-5-6-7-8-9-13-26-17-21-15-22(25)24(23(16-21)27-3)28-18-20-12-10-11-19(2)14-20/h10-12,14-16,26H,4-9,13,17-18H2,1-3H3. The molecule has 0 fully saturated rings. The SMILES string of the molecule is CCCCCCCCNCc1cc(Cl)c(OCc2cccc(C)c2)c(OC)c1. The lowest BCUT2D eigenvalue weighted by molar-refractivity contribution is 0.284. The molecule has 28 heavy (non-hydrogen) atoms. The zero-order chi connectivity index (χ0) is 20.2. The Morgan fingerprint density at radius 3 is 2.50 bits per heavy atom. The van der Waals surface area contributed by atoms with Crippen LogP contribution in [0.5, 0.6) is 11.5 Å². The van der Waals surface area contributed by atoms with E-state index in [1.165, 1.54) is 44.1 Å². The summed E-state index contributed by atoms with van der Waals surface area (Å²) in [6.45, 7) is 6.60. The van der Waals surface area contributed by atoms with Crippen molar-refractivity contribution in [2.75, 3.05) is 13.7 Å². The molecule has 2 aromatic rings. The average Bonchev–Trinajstić information content (AvgIpc) is 2.69. The van der Waals surface area contributed by atoms with Crippen LogP contribution in [0, 0.1) is 6.92 Å². The summed E-state index contributed by atoms with van der Waals surface area (Å²) in [6.07, 6.45) is 7.85. The third-order valence-corrected chi connectivity index (χ3v) is 5.07. The van der Waals surface area contributed by atoms with Crippen LogP contribution >= 0.6 is 11.6 Å². The maximum absolute atomic E-state index is 6.49. The first-order chi connectivity index (χ1) is 13.6. The second-order valence-electron chi connectivity index (χ2n) is 7.33. The van der Waals surface area contributed by atoms with Gasteiger partial charge in [-0.15, -0.1) is 0 Å². The molecule has 0 atom stereocenters. The summed E-state index contributed by atoms with van der Waals surface area (Å²) in [5.41, 5.74) is 3.43. The molecule has 0 radical (unpaired) electrons. The summed E-state index contributed by atoms with van der Waals surface area (Å²) in [7, 11) is 1.65. The Morgan fingerprint density at radius 1 is 0.964 bits per heavy atom. The maximum atomic E-state index is 6.49. The predicted octanol–water partition coefficient (Wildman–Crippen LogP) is 6.69. The minimum absolute atomic E-state index is 0.466. The van der Waals surface area contributed by atoms with Gasteiger partial charge in [-0.25, -0.2) is 0 Å². The van der Waals surface area contributed by atoms with E-state index in [1.54, 1.807) is 7.11 Å². The van der Waals surface area contributed by atoms with Crippen molar-refractivity contribution < 1.29 is 9.47 Å². The molecule has 2 rings (SSSR count). The molecule has 0 unspecified atom stereocenters. The smallest absolute Gasteiger partial charge is 0.180 e. The van der Waals surface area contributed by atoms with Gasteiger partial charge in [-0.2, -0.15) is 0 Å². The molecule has 0 aromatic heterocycles. The highest BCUT2D eigenvalue weighted by atomic mass is 35.5. The second-order valence-corrected chi connectivity index (χ2v) is 7.74. The number of unbranched alkanes of at least 4 members (excludes halogenated alkanes) is 5. The number of aryl methyl sites for hydroxylation is 1. The van der Waals surface area contributed by atoms with Gasteiger partial charge in [0.15, 0.2) is 11.5 Å². The molecule has 0 aliphatic carbocycles. The van der Waals surface area contributed by atoms with Crippen LogP contribution in [0.15, 0.2) is 36.4 Å². The first-order valence-corrected chi connectivity index (χ1v) is 10.8. The molecule has 0 aliphatic rings. The van der Waals surface area contributed by atoms with Crippen LogP contribution in [-0.2, 0) is 13.2 Å². The summed E-state index contributed by atoms with van der Waals surface area (Å²) in [5.74, 6) is 1.28. The van der Waals surface area contributed by atoms with E-state index < -0.39 is 0 Å². The highest BCUT2D eigenvalue weighted by Gasteiger charge is 2.12. The van der Waals surface area contributed by atoms with E-state index in [9.17, 15) is 0 Å². The Kier molecular flexibility index (Phi) is 10.2. The third kappa shape index (κ3) is 7.73. The van der Waals surface area contributed by atoms with Crippen molar-refractivity contribution in [1.29, 1.82) is 0 Å². The third-order valence-electron chi connectivity index (χ3n) is 4.79. The van der Waals surface area contributed by atoms with Crippen LogP contribution in [0.3, 0.4) is 0 Å². The van der Waals surface area contributed by atoms with Crippen LogP contribution in [0.2, 0.25) is 5.02 Å².